The molecule has 0 aromatic rings. The fourth-order valence-corrected chi connectivity index (χ4v) is 2.49. The molecule has 1 fully saturated rings. The molecule has 0 radical (unpaired) electrons. The topological polar surface area (TPSA) is 38.8 Å². The molecule has 1 rings (SSSR count). The van der Waals surface area contributed by atoms with Crippen LogP contribution in [-0.4, -0.2) is 25.3 Å². The van der Waals surface area contributed by atoms with Gasteiger partial charge in [0.25, 0.3) is 0 Å². The van der Waals surface area contributed by atoms with Crippen LogP contribution in [0.1, 0.15) is 77.6 Å². The molecule has 0 aromatic carbocycles. The van der Waals surface area contributed by atoms with Crippen molar-refractivity contribution in [3.63, 3.8) is 0 Å². The van der Waals surface area contributed by atoms with Gasteiger partial charge in [0.1, 0.15) is 0 Å². The van der Waals surface area contributed by atoms with Gasteiger partial charge in [0.05, 0.1) is 19.3 Å². The summed E-state index contributed by atoms with van der Waals surface area (Å²) in [4.78, 5) is 10.9. The number of esters is 1. The minimum atomic E-state index is -0.0750. The number of rotatable bonds is 12. The summed E-state index contributed by atoms with van der Waals surface area (Å²) in [7, 11) is 1.46. The zero-order valence-electron chi connectivity index (χ0n) is 12.7. The Balaban J connectivity index is 1.68. The Labute approximate surface area is 118 Å². The van der Waals surface area contributed by atoms with Crippen molar-refractivity contribution in [1.29, 1.82) is 0 Å². The number of unbranched alkanes of at least 4 members (excludes halogenated alkanes) is 8. The standard InChI is InChI=1S/C16H30O3/c1-14-15(19-14)12-10-8-6-4-3-5-7-9-11-13-16(17)18-2/h14-15H,3-13H2,1-2H3. The molecule has 0 N–H and O–H groups in total. The molecule has 3 nitrogen and oxygen atoms in total. The first kappa shape index (κ1) is 16.5. The van der Waals surface area contributed by atoms with E-state index in [9.17, 15) is 4.79 Å². The van der Waals surface area contributed by atoms with E-state index in [0.29, 0.717) is 18.6 Å². The van der Waals surface area contributed by atoms with Crippen molar-refractivity contribution in [3.8, 4) is 0 Å². The van der Waals surface area contributed by atoms with E-state index in [1.807, 2.05) is 0 Å². The maximum Gasteiger partial charge on any atom is 0.305 e. The highest BCUT2D eigenvalue weighted by atomic mass is 16.6. The summed E-state index contributed by atoms with van der Waals surface area (Å²) < 4.78 is 10.0. The number of hydrogen-bond donors (Lipinski definition) is 0. The van der Waals surface area contributed by atoms with E-state index in [4.69, 9.17) is 4.74 Å². The third-order valence-electron chi connectivity index (χ3n) is 3.93. The molecule has 0 spiro atoms. The smallest absolute Gasteiger partial charge is 0.305 e. The van der Waals surface area contributed by atoms with Crippen molar-refractivity contribution in [1.82, 2.24) is 0 Å². The van der Waals surface area contributed by atoms with Gasteiger partial charge in [0.15, 0.2) is 0 Å². The van der Waals surface area contributed by atoms with Gasteiger partial charge in [-0.1, -0.05) is 51.4 Å². The summed E-state index contributed by atoms with van der Waals surface area (Å²) in [6, 6.07) is 0. The Bertz CT molecular complexity index is 240. The summed E-state index contributed by atoms with van der Waals surface area (Å²) in [6.45, 7) is 2.16. The highest BCUT2D eigenvalue weighted by Gasteiger charge is 2.32. The summed E-state index contributed by atoms with van der Waals surface area (Å²) in [5.41, 5.74) is 0. The molecule has 0 aliphatic carbocycles. The zero-order chi connectivity index (χ0) is 13.9. The van der Waals surface area contributed by atoms with Crippen molar-refractivity contribution in [2.24, 2.45) is 0 Å². The molecule has 0 amide bonds. The van der Waals surface area contributed by atoms with Crippen LogP contribution in [0.25, 0.3) is 0 Å². The van der Waals surface area contributed by atoms with Crippen LogP contribution in [0.3, 0.4) is 0 Å². The summed E-state index contributed by atoms with van der Waals surface area (Å²) in [5.74, 6) is -0.0750. The van der Waals surface area contributed by atoms with Crippen LogP contribution in [0, 0.1) is 0 Å². The number of ether oxygens (including phenoxy) is 2. The number of carbonyl (C=O) groups excluding carboxylic acids is 1. The van der Waals surface area contributed by atoms with Gasteiger partial charge < -0.3 is 9.47 Å². The predicted octanol–water partition coefficient (Wildman–Crippen LogP) is 4.24. The maximum absolute atomic E-state index is 10.9. The summed E-state index contributed by atoms with van der Waals surface area (Å²) in [5, 5.41) is 0. The number of epoxide rings is 1. The molecule has 1 heterocycles. The number of hydrogen-bond acceptors (Lipinski definition) is 3. The van der Waals surface area contributed by atoms with Gasteiger partial charge in [0.2, 0.25) is 0 Å². The Morgan fingerprint density at radius 1 is 0.947 bits per heavy atom. The Morgan fingerprint density at radius 3 is 1.89 bits per heavy atom. The Morgan fingerprint density at radius 2 is 1.42 bits per heavy atom. The monoisotopic (exact) mass is 270 g/mol. The first-order valence-electron chi connectivity index (χ1n) is 7.96. The van der Waals surface area contributed by atoms with Gasteiger partial charge in [-0.15, -0.1) is 0 Å². The highest BCUT2D eigenvalue weighted by molar-refractivity contribution is 5.68. The summed E-state index contributed by atoms with van der Waals surface area (Å²) in [6.07, 6.45) is 14.4. The van der Waals surface area contributed by atoms with Gasteiger partial charge >= 0.3 is 5.97 Å². The molecule has 0 saturated carbocycles. The molecular formula is C16H30O3. The predicted molar refractivity (Wildman–Crippen MR) is 77.1 cm³/mol. The highest BCUT2D eigenvalue weighted by Crippen LogP contribution is 2.26. The third-order valence-corrected chi connectivity index (χ3v) is 3.93. The van der Waals surface area contributed by atoms with E-state index in [1.54, 1.807) is 0 Å². The third kappa shape index (κ3) is 9.04. The van der Waals surface area contributed by atoms with Gasteiger partial charge in [0, 0.05) is 6.42 Å². The molecule has 0 bridgehead atoms. The number of carbonyl (C=O) groups is 1. The van der Waals surface area contributed by atoms with Gasteiger partial charge in [-0.25, -0.2) is 0 Å². The van der Waals surface area contributed by atoms with Crippen molar-refractivity contribution in [3.05, 3.63) is 0 Å². The Hall–Kier alpha value is -0.570. The van der Waals surface area contributed by atoms with Crippen molar-refractivity contribution in [2.45, 2.75) is 89.8 Å². The average Bonchev–Trinajstić information content (AvgIpc) is 3.11. The first-order valence-corrected chi connectivity index (χ1v) is 7.96. The van der Waals surface area contributed by atoms with E-state index in [1.165, 1.54) is 58.5 Å². The molecule has 1 aliphatic rings. The minimum absolute atomic E-state index is 0.0750. The van der Waals surface area contributed by atoms with E-state index >= 15 is 0 Å². The Kier molecular flexibility index (Phi) is 8.89. The largest absolute Gasteiger partial charge is 0.469 e. The second kappa shape index (κ2) is 10.2. The second-order valence-electron chi connectivity index (χ2n) is 5.68. The fourth-order valence-electron chi connectivity index (χ4n) is 2.49. The quantitative estimate of drug-likeness (QED) is 0.302. The molecular weight excluding hydrogens is 240 g/mol. The van der Waals surface area contributed by atoms with E-state index in [-0.39, 0.29) is 5.97 Å². The van der Waals surface area contributed by atoms with E-state index in [2.05, 4.69) is 11.7 Å². The lowest BCUT2D eigenvalue weighted by atomic mass is 10.0. The molecule has 19 heavy (non-hydrogen) atoms. The van der Waals surface area contributed by atoms with Crippen molar-refractivity contribution in [2.75, 3.05) is 7.11 Å². The molecule has 1 saturated heterocycles. The van der Waals surface area contributed by atoms with Crippen LogP contribution >= 0.6 is 0 Å². The molecule has 0 aromatic heterocycles. The minimum Gasteiger partial charge on any atom is -0.469 e. The van der Waals surface area contributed by atoms with Crippen molar-refractivity contribution >= 4 is 5.97 Å². The van der Waals surface area contributed by atoms with Crippen LogP contribution in [0.5, 0.6) is 0 Å². The lowest BCUT2D eigenvalue weighted by molar-refractivity contribution is -0.140. The normalized spacial score (nSPS) is 21.4. The van der Waals surface area contributed by atoms with Crippen molar-refractivity contribution < 1.29 is 14.3 Å². The first-order chi connectivity index (χ1) is 9.24. The molecule has 3 heteroatoms. The zero-order valence-corrected chi connectivity index (χ0v) is 12.7. The molecule has 112 valence electrons. The van der Waals surface area contributed by atoms with Crippen LogP contribution in [0.4, 0.5) is 0 Å². The molecule has 1 aliphatic heterocycles. The lowest BCUT2D eigenvalue weighted by Crippen LogP contribution is -1.99. The average molecular weight is 270 g/mol. The SMILES string of the molecule is COC(=O)CCCCCCCCCCCC1OC1C. The van der Waals surface area contributed by atoms with E-state index < -0.39 is 0 Å². The van der Waals surface area contributed by atoms with Gasteiger partial charge in [-0.3, -0.25) is 4.79 Å². The summed E-state index contributed by atoms with van der Waals surface area (Å²) >= 11 is 0. The second-order valence-corrected chi connectivity index (χ2v) is 5.68. The van der Waals surface area contributed by atoms with Crippen LogP contribution in [0.2, 0.25) is 0 Å². The fraction of sp³-hybridized carbons (Fsp3) is 0.938. The van der Waals surface area contributed by atoms with Gasteiger partial charge in [-0.2, -0.15) is 0 Å². The van der Waals surface area contributed by atoms with Crippen LogP contribution in [0.15, 0.2) is 0 Å². The van der Waals surface area contributed by atoms with Crippen LogP contribution in [-0.2, 0) is 14.3 Å². The van der Waals surface area contributed by atoms with Gasteiger partial charge in [-0.05, 0) is 19.8 Å². The number of methoxy groups -OCH3 is 1. The lowest BCUT2D eigenvalue weighted by Gasteiger charge is -2.02. The molecule has 2 unspecified atom stereocenters. The van der Waals surface area contributed by atoms with E-state index in [0.717, 1.165) is 12.8 Å². The van der Waals surface area contributed by atoms with Crippen LogP contribution < -0.4 is 0 Å². The molecule has 2 atom stereocenters. The maximum atomic E-state index is 10.9.